The van der Waals surface area contributed by atoms with E-state index in [1.54, 1.807) is 0 Å². The van der Waals surface area contributed by atoms with Crippen LogP contribution in [0.15, 0.2) is 29.2 Å². The van der Waals surface area contributed by atoms with Crippen molar-refractivity contribution in [2.75, 3.05) is 46.3 Å². The van der Waals surface area contributed by atoms with Crippen LogP contribution in [-0.2, 0) is 10.0 Å². The molecule has 0 unspecified atom stereocenters. The third-order valence-corrected chi connectivity index (χ3v) is 5.60. The fourth-order valence-electron chi connectivity index (χ4n) is 2.33. The van der Waals surface area contributed by atoms with E-state index in [1.165, 1.54) is 35.6 Å². The fraction of sp³-hybridized carbons (Fsp3) is 0.538. The molecule has 1 aromatic carbocycles. The van der Waals surface area contributed by atoms with Gasteiger partial charge in [-0.05, 0) is 6.07 Å². The maximum Gasteiger partial charge on any atom is 0.289 e. The van der Waals surface area contributed by atoms with Gasteiger partial charge in [-0.3, -0.25) is 15.0 Å². The maximum atomic E-state index is 12.5. The van der Waals surface area contributed by atoms with Crippen molar-refractivity contribution < 1.29 is 13.3 Å². The second-order valence-electron chi connectivity index (χ2n) is 5.14. The van der Waals surface area contributed by atoms with E-state index in [4.69, 9.17) is 0 Å². The number of rotatable bonds is 6. The van der Waals surface area contributed by atoms with E-state index >= 15 is 0 Å². The molecule has 122 valence electrons. The van der Waals surface area contributed by atoms with Gasteiger partial charge >= 0.3 is 0 Å². The lowest BCUT2D eigenvalue weighted by Gasteiger charge is -2.28. The summed E-state index contributed by atoms with van der Waals surface area (Å²) in [6.07, 6.45) is 0. The molecule has 0 aliphatic carbocycles. The molecule has 0 aromatic heterocycles. The third kappa shape index (κ3) is 3.80. The second-order valence-corrected chi connectivity index (χ2v) is 7.16. The molecule has 8 nitrogen and oxygen atoms in total. The minimum atomic E-state index is -3.87. The van der Waals surface area contributed by atoms with Crippen molar-refractivity contribution >= 4 is 15.7 Å². The molecule has 0 spiro atoms. The summed E-state index contributed by atoms with van der Waals surface area (Å²) in [6, 6.07) is 5.42. The van der Waals surface area contributed by atoms with E-state index < -0.39 is 20.6 Å². The van der Waals surface area contributed by atoms with Crippen molar-refractivity contribution in [2.24, 2.45) is 0 Å². The third-order valence-electron chi connectivity index (χ3n) is 3.69. The average Bonchev–Trinajstić information content (AvgIpc) is 2.53. The zero-order chi connectivity index (χ0) is 16.2. The number of sulfonamides is 1. The van der Waals surface area contributed by atoms with E-state index in [9.17, 15) is 18.5 Å². The Labute approximate surface area is 129 Å². The Hall–Kier alpha value is -1.55. The first-order valence-electron chi connectivity index (χ1n) is 7.06. The molecule has 0 radical (unpaired) electrons. The molecule has 0 bridgehead atoms. The smallest absolute Gasteiger partial charge is 0.289 e. The van der Waals surface area contributed by atoms with Gasteiger partial charge in [0.1, 0.15) is 0 Å². The Balaban J connectivity index is 2.10. The van der Waals surface area contributed by atoms with Crippen molar-refractivity contribution in [3.05, 3.63) is 34.4 Å². The molecule has 9 heteroatoms. The lowest BCUT2D eigenvalue weighted by Crippen LogP contribution is -2.46. The molecule has 1 fully saturated rings. The number of likely N-dealkylation sites (N-methyl/N-ethyl adjacent to an activating group) is 1. The van der Waals surface area contributed by atoms with E-state index in [1.807, 2.05) is 0 Å². The number of hydrogen-bond donors (Lipinski definition) is 1. The van der Waals surface area contributed by atoms with Gasteiger partial charge in [0, 0.05) is 52.4 Å². The Morgan fingerprint density at radius 2 is 1.95 bits per heavy atom. The molecule has 2 rings (SSSR count). The largest absolute Gasteiger partial charge is 0.314 e. The molecule has 1 saturated heterocycles. The number of nitrogens with zero attached hydrogens (tertiary/aromatic N) is 3. The van der Waals surface area contributed by atoms with E-state index in [0.717, 1.165) is 26.2 Å². The van der Waals surface area contributed by atoms with Crippen LogP contribution in [0.3, 0.4) is 0 Å². The van der Waals surface area contributed by atoms with Crippen LogP contribution in [0.1, 0.15) is 0 Å². The van der Waals surface area contributed by atoms with Crippen LogP contribution in [-0.4, -0.2) is 68.9 Å². The quantitative estimate of drug-likeness (QED) is 0.589. The van der Waals surface area contributed by atoms with Crippen LogP contribution in [0.2, 0.25) is 0 Å². The molecule has 22 heavy (non-hydrogen) atoms. The van der Waals surface area contributed by atoms with Gasteiger partial charge in [-0.1, -0.05) is 12.1 Å². The lowest BCUT2D eigenvalue weighted by molar-refractivity contribution is -0.387. The molecule has 1 aromatic rings. The molecule has 1 aliphatic heterocycles. The van der Waals surface area contributed by atoms with Crippen LogP contribution in [0.4, 0.5) is 5.69 Å². The van der Waals surface area contributed by atoms with Gasteiger partial charge in [0.25, 0.3) is 5.69 Å². The molecular formula is C13H20N4O4S. The van der Waals surface area contributed by atoms with Crippen LogP contribution in [0.5, 0.6) is 0 Å². The van der Waals surface area contributed by atoms with Gasteiger partial charge in [0.15, 0.2) is 4.90 Å². The highest BCUT2D eigenvalue weighted by atomic mass is 32.2. The summed E-state index contributed by atoms with van der Waals surface area (Å²) in [5.41, 5.74) is -0.392. The fourth-order valence-corrected chi connectivity index (χ4v) is 3.65. The molecule has 0 saturated carbocycles. The molecule has 1 aliphatic rings. The van der Waals surface area contributed by atoms with Gasteiger partial charge in [-0.15, -0.1) is 0 Å². The summed E-state index contributed by atoms with van der Waals surface area (Å²) >= 11 is 0. The van der Waals surface area contributed by atoms with E-state index in [0.29, 0.717) is 13.1 Å². The zero-order valence-corrected chi connectivity index (χ0v) is 13.3. The van der Waals surface area contributed by atoms with Crippen molar-refractivity contribution in [3.8, 4) is 0 Å². The minimum Gasteiger partial charge on any atom is -0.314 e. The highest BCUT2D eigenvalue weighted by Crippen LogP contribution is 2.25. The Morgan fingerprint density at radius 1 is 1.32 bits per heavy atom. The number of benzene rings is 1. The predicted molar refractivity (Wildman–Crippen MR) is 82.2 cm³/mol. The highest BCUT2D eigenvalue weighted by Gasteiger charge is 2.29. The zero-order valence-electron chi connectivity index (χ0n) is 12.4. The molecule has 1 heterocycles. The number of para-hydroxylation sites is 1. The molecular weight excluding hydrogens is 308 g/mol. The van der Waals surface area contributed by atoms with Crippen molar-refractivity contribution in [3.63, 3.8) is 0 Å². The number of piperazine rings is 1. The van der Waals surface area contributed by atoms with Gasteiger partial charge < -0.3 is 5.32 Å². The van der Waals surface area contributed by atoms with Gasteiger partial charge in [0.2, 0.25) is 10.0 Å². The number of nitrogens with one attached hydrogen (secondary N) is 1. The monoisotopic (exact) mass is 328 g/mol. The Morgan fingerprint density at radius 3 is 2.59 bits per heavy atom. The van der Waals surface area contributed by atoms with E-state index in [2.05, 4.69) is 10.2 Å². The normalized spacial score (nSPS) is 16.8. The Kier molecular flexibility index (Phi) is 5.46. The van der Waals surface area contributed by atoms with Crippen LogP contribution in [0.25, 0.3) is 0 Å². The molecule has 1 N–H and O–H groups in total. The first kappa shape index (κ1) is 16.8. The maximum absolute atomic E-state index is 12.5. The number of nitro groups is 1. The summed E-state index contributed by atoms with van der Waals surface area (Å²) < 4.78 is 26.2. The topological polar surface area (TPSA) is 95.8 Å². The summed E-state index contributed by atoms with van der Waals surface area (Å²) in [5, 5.41) is 14.2. The summed E-state index contributed by atoms with van der Waals surface area (Å²) in [5.74, 6) is 0. The Bertz CT molecular complexity index is 629. The van der Waals surface area contributed by atoms with Crippen molar-refractivity contribution in [1.82, 2.24) is 14.5 Å². The van der Waals surface area contributed by atoms with Crippen LogP contribution >= 0.6 is 0 Å². The SMILES string of the molecule is CN(CCN1CCNCC1)S(=O)(=O)c1ccccc1[N+](=O)[O-]. The first-order chi connectivity index (χ1) is 10.4. The predicted octanol–water partition coefficient (Wildman–Crippen LogP) is 0.121. The highest BCUT2D eigenvalue weighted by molar-refractivity contribution is 7.89. The lowest BCUT2D eigenvalue weighted by atomic mass is 10.3. The average molecular weight is 328 g/mol. The van der Waals surface area contributed by atoms with Gasteiger partial charge in [-0.2, -0.15) is 4.31 Å². The van der Waals surface area contributed by atoms with Crippen molar-refractivity contribution in [1.29, 1.82) is 0 Å². The number of hydrogen-bond acceptors (Lipinski definition) is 6. The summed E-state index contributed by atoms with van der Waals surface area (Å²) in [4.78, 5) is 12.2. The summed E-state index contributed by atoms with van der Waals surface area (Å²) in [7, 11) is -2.41. The molecule has 0 atom stereocenters. The van der Waals surface area contributed by atoms with Gasteiger partial charge in [0.05, 0.1) is 4.92 Å². The number of nitro benzene ring substituents is 1. The van der Waals surface area contributed by atoms with Crippen LogP contribution in [0, 0.1) is 10.1 Å². The van der Waals surface area contributed by atoms with Crippen molar-refractivity contribution in [2.45, 2.75) is 4.90 Å². The first-order valence-corrected chi connectivity index (χ1v) is 8.50. The van der Waals surface area contributed by atoms with Crippen LogP contribution < -0.4 is 5.32 Å². The minimum absolute atomic E-state index is 0.261. The van der Waals surface area contributed by atoms with Gasteiger partial charge in [-0.25, -0.2) is 8.42 Å². The van der Waals surface area contributed by atoms with E-state index in [-0.39, 0.29) is 4.90 Å². The second kappa shape index (κ2) is 7.14. The molecule has 0 amide bonds. The standard InChI is InChI=1S/C13H20N4O4S/c1-15(10-11-16-8-6-14-7-9-16)22(20,21)13-5-3-2-4-12(13)17(18)19/h2-5,14H,6-11H2,1H3. The summed E-state index contributed by atoms with van der Waals surface area (Å²) in [6.45, 7) is 4.44.